The molecule has 0 unspecified atom stereocenters. The number of para-hydroxylation sites is 1. The monoisotopic (exact) mass is 625 g/mol. The van der Waals surface area contributed by atoms with Gasteiger partial charge in [-0.3, -0.25) is 0 Å². The van der Waals surface area contributed by atoms with E-state index in [0.29, 0.717) is 0 Å². The van der Waals surface area contributed by atoms with Crippen molar-refractivity contribution in [1.29, 1.82) is 0 Å². The standard InChI is InChI=1S/C45H39NS/c1-43(2)37-18-12-10-16-31(37)33-22-20-30(27-39(33)43)46(28-14-8-7-9-15-28)29-21-25-40-36(26-29)35-24-23-34-32-17-11-13-19-38(32)44(3,4)45(5,6)41(34)42(35)47-40/h7-27H,1-6H3. The topological polar surface area (TPSA) is 3.24 Å². The first-order valence-electron chi connectivity index (χ1n) is 16.8. The van der Waals surface area contributed by atoms with Crippen LogP contribution in [0.1, 0.15) is 63.8 Å². The molecule has 7 aromatic rings. The lowest BCUT2D eigenvalue weighted by molar-refractivity contribution is 0.301. The maximum Gasteiger partial charge on any atom is 0.0468 e. The molecule has 0 fully saturated rings. The fourth-order valence-corrected chi connectivity index (χ4v) is 9.97. The Hall–Kier alpha value is -4.66. The van der Waals surface area contributed by atoms with Crippen molar-refractivity contribution in [3.8, 4) is 22.3 Å². The van der Waals surface area contributed by atoms with Gasteiger partial charge in [-0.15, -0.1) is 11.3 Å². The van der Waals surface area contributed by atoms with Crippen molar-refractivity contribution in [2.75, 3.05) is 4.90 Å². The van der Waals surface area contributed by atoms with Crippen LogP contribution in [0.2, 0.25) is 0 Å². The fourth-order valence-electron chi connectivity index (χ4n) is 8.58. The number of benzene rings is 6. The zero-order chi connectivity index (χ0) is 32.3. The van der Waals surface area contributed by atoms with Crippen LogP contribution < -0.4 is 4.90 Å². The molecule has 0 aliphatic heterocycles. The van der Waals surface area contributed by atoms with Gasteiger partial charge in [-0.2, -0.15) is 0 Å². The first-order chi connectivity index (χ1) is 22.6. The molecule has 1 aromatic heterocycles. The average Bonchev–Trinajstić information content (AvgIpc) is 3.56. The van der Waals surface area contributed by atoms with E-state index in [1.54, 1.807) is 0 Å². The van der Waals surface area contributed by atoms with Crippen LogP contribution in [-0.2, 0) is 16.2 Å². The molecule has 1 heterocycles. The molecule has 47 heavy (non-hydrogen) atoms. The van der Waals surface area contributed by atoms with E-state index < -0.39 is 0 Å². The lowest BCUT2D eigenvalue weighted by Gasteiger charge is -2.48. The number of hydrogen-bond acceptors (Lipinski definition) is 2. The third-order valence-corrected chi connectivity index (χ3v) is 13.0. The summed E-state index contributed by atoms with van der Waals surface area (Å²) in [5.74, 6) is 0. The van der Waals surface area contributed by atoms with Crippen LogP contribution in [0, 0.1) is 0 Å². The molecule has 0 spiro atoms. The quantitative estimate of drug-likeness (QED) is 0.189. The van der Waals surface area contributed by atoms with Gasteiger partial charge in [0.05, 0.1) is 0 Å². The Labute approximate surface area is 282 Å². The van der Waals surface area contributed by atoms with Gasteiger partial charge in [0.25, 0.3) is 0 Å². The van der Waals surface area contributed by atoms with Gasteiger partial charge in [0, 0.05) is 48.1 Å². The minimum atomic E-state index is -0.0594. The number of fused-ring (bicyclic) bond motifs is 10. The Balaban J connectivity index is 1.25. The molecule has 0 radical (unpaired) electrons. The average molecular weight is 626 g/mol. The Kier molecular flexibility index (Phi) is 5.88. The Morgan fingerprint density at radius 3 is 1.81 bits per heavy atom. The van der Waals surface area contributed by atoms with E-state index in [1.165, 1.54) is 76.1 Å². The first kappa shape index (κ1) is 28.6. The molecule has 0 atom stereocenters. The van der Waals surface area contributed by atoms with Crippen molar-refractivity contribution in [3.05, 3.63) is 150 Å². The highest BCUT2D eigenvalue weighted by atomic mass is 32.1. The van der Waals surface area contributed by atoms with Crippen LogP contribution in [0.5, 0.6) is 0 Å². The van der Waals surface area contributed by atoms with Crippen LogP contribution in [0.4, 0.5) is 17.1 Å². The molecule has 0 amide bonds. The van der Waals surface area contributed by atoms with E-state index in [-0.39, 0.29) is 16.2 Å². The van der Waals surface area contributed by atoms with Gasteiger partial charge in [0.15, 0.2) is 0 Å². The number of thiophene rings is 1. The minimum absolute atomic E-state index is 0.00265. The van der Waals surface area contributed by atoms with Gasteiger partial charge in [-0.25, -0.2) is 0 Å². The molecule has 0 bridgehead atoms. The second-order valence-electron chi connectivity index (χ2n) is 15.0. The number of nitrogens with zero attached hydrogens (tertiary/aromatic N) is 1. The lowest BCUT2D eigenvalue weighted by Crippen LogP contribution is -2.43. The summed E-state index contributed by atoms with van der Waals surface area (Å²) in [7, 11) is 0. The van der Waals surface area contributed by atoms with E-state index in [0.717, 1.165) is 5.69 Å². The van der Waals surface area contributed by atoms with Crippen LogP contribution in [0.25, 0.3) is 42.4 Å². The molecule has 1 nitrogen and oxygen atoms in total. The van der Waals surface area contributed by atoms with Crippen LogP contribution in [0.15, 0.2) is 127 Å². The number of anilines is 3. The SMILES string of the molecule is CC1(C)c2ccccc2-c2ccc(N(c3ccccc3)c3ccc4sc5c6c(ccc5c4c3)-c3ccccc3C(C)(C)C6(C)C)cc21. The summed E-state index contributed by atoms with van der Waals surface area (Å²) in [5.41, 5.74) is 14.6. The van der Waals surface area contributed by atoms with Gasteiger partial charge >= 0.3 is 0 Å². The Bertz CT molecular complexity index is 2390. The molecule has 0 saturated heterocycles. The predicted molar refractivity (Wildman–Crippen MR) is 203 cm³/mol. The predicted octanol–water partition coefficient (Wildman–Crippen LogP) is 13.1. The Morgan fingerprint density at radius 2 is 1.04 bits per heavy atom. The third kappa shape index (κ3) is 3.82. The molecule has 2 aliphatic rings. The summed E-state index contributed by atoms with van der Waals surface area (Å²) in [6, 6.07) is 47.7. The van der Waals surface area contributed by atoms with Crippen molar-refractivity contribution in [1.82, 2.24) is 0 Å². The van der Waals surface area contributed by atoms with Crippen LogP contribution in [-0.4, -0.2) is 0 Å². The van der Waals surface area contributed by atoms with Gasteiger partial charge in [0.2, 0.25) is 0 Å². The van der Waals surface area contributed by atoms with Crippen LogP contribution >= 0.6 is 11.3 Å². The number of hydrogen-bond donors (Lipinski definition) is 0. The molecular weight excluding hydrogens is 587 g/mol. The smallest absolute Gasteiger partial charge is 0.0468 e. The molecule has 0 N–H and O–H groups in total. The van der Waals surface area contributed by atoms with Gasteiger partial charge in [-0.1, -0.05) is 126 Å². The summed E-state index contributed by atoms with van der Waals surface area (Å²) >= 11 is 1.96. The maximum atomic E-state index is 2.45. The summed E-state index contributed by atoms with van der Waals surface area (Å²) in [6.45, 7) is 14.5. The molecule has 230 valence electrons. The van der Waals surface area contributed by atoms with E-state index in [4.69, 9.17) is 0 Å². The van der Waals surface area contributed by atoms with Gasteiger partial charge in [0.1, 0.15) is 0 Å². The van der Waals surface area contributed by atoms with E-state index in [2.05, 4.69) is 174 Å². The fraction of sp³-hybridized carbons (Fsp3) is 0.200. The van der Waals surface area contributed by atoms with E-state index >= 15 is 0 Å². The molecule has 6 aromatic carbocycles. The minimum Gasteiger partial charge on any atom is -0.310 e. The summed E-state index contributed by atoms with van der Waals surface area (Å²) in [4.78, 5) is 2.43. The molecule has 2 heteroatoms. The highest BCUT2D eigenvalue weighted by Crippen LogP contribution is 2.57. The van der Waals surface area contributed by atoms with Crippen molar-refractivity contribution in [2.24, 2.45) is 0 Å². The van der Waals surface area contributed by atoms with Crippen molar-refractivity contribution in [2.45, 2.75) is 57.8 Å². The zero-order valence-electron chi connectivity index (χ0n) is 28.0. The van der Waals surface area contributed by atoms with Crippen molar-refractivity contribution >= 4 is 48.6 Å². The maximum absolute atomic E-state index is 2.45. The van der Waals surface area contributed by atoms with E-state index in [9.17, 15) is 0 Å². The zero-order valence-corrected chi connectivity index (χ0v) is 28.8. The second kappa shape index (κ2) is 9.69. The van der Waals surface area contributed by atoms with Gasteiger partial charge < -0.3 is 4.90 Å². The highest BCUT2D eigenvalue weighted by molar-refractivity contribution is 7.26. The molecule has 0 saturated carbocycles. The first-order valence-corrected chi connectivity index (χ1v) is 17.6. The highest BCUT2D eigenvalue weighted by Gasteiger charge is 2.47. The largest absolute Gasteiger partial charge is 0.310 e. The van der Waals surface area contributed by atoms with Gasteiger partial charge in [-0.05, 0) is 92.4 Å². The molecule has 2 aliphatic carbocycles. The van der Waals surface area contributed by atoms with Crippen LogP contribution in [0.3, 0.4) is 0 Å². The molecule has 9 rings (SSSR count). The third-order valence-electron chi connectivity index (χ3n) is 11.8. The summed E-state index contributed by atoms with van der Waals surface area (Å²) in [6.07, 6.45) is 0. The normalized spacial score (nSPS) is 16.4. The summed E-state index contributed by atoms with van der Waals surface area (Å²) in [5, 5.41) is 2.68. The molecular formula is C45H39NS. The lowest BCUT2D eigenvalue weighted by atomic mass is 9.55. The van der Waals surface area contributed by atoms with Crippen molar-refractivity contribution < 1.29 is 0 Å². The Morgan fingerprint density at radius 1 is 0.447 bits per heavy atom. The van der Waals surface area contributed by atoms with Crippen molar-refractivity contribution in [3.63, 3.8) is 0 Å². The second-order valence-corrected chi connectivity index (χ2v) is 16.1. The van der Waals surface area contributed by atoms with E-state index in [1.807, 2.05) is 11.3 Å². The summed E-state index contributed by atoms with van der Waals surface area (Å²) < 4.78 is 2.76. The number of rotatable bonds is 3.